The fourth-order valence-corrected chi connectivity index (χ4v) is 2.42. The number of benzene rings is 1. The van der Waals surface area contributed by atoms with Crippen LogP contribution in [0.15, 0.2) is 24.3 Å². The Bertz CT molecular complexity index is 645. The summed E-state index contributed by atoms with van der Waals surface area (Å²) in [7, 11) is 0. The summed E-state index contributed by atoms with van der Waals surface area (Å²) in [5.41, 5.74) is 2.23. The first-order chi connectivity index (χ1) is 9.74. The maximum absolute atomic E-state index is 12.1. The highest BCUT2D eigenvalue weighted by molar-refractivity contribution is 7.08. The number of amides is 1. The van der Waals surface area contributed by atoms with E-state index in [1.807, 2.05) is 13.0 Å². The largest absolute Gasteiger partial charge is 0.347 e. The first kappa shape index (κ1) is 14.2. The van der Waals surface area contributed by atoms with Crippen molar-refractivity contribution >= 4 is 17.4 Å². The van der Waals surface area contributed by atoms with E-state index in [2.05, 4.69) is 21.0 Å². The molecule has 0 bridgehead atoms. The van der Waals surface area contributed by atoms with Crippen LogP contribution in [0.1, 0.15) is 39.8 Å². The smallest absolute Gasteiger partial charge is 0.265 e. The molecule has 0 radical (unpaired) electrons. The minimum absolute atomic E-state index is 0.161. The summed E-state index contributed by atoms with van der Waals surface area (Å²) >= 11 is 1.11. The molecule has 0 fully saturated rings. The number of rotatable bonds is 5. The lowest BCUT2D eigenvalue weighted by molar-refractivity contribution is 0.0954. The molecule has 2 rings (SSSR count). The SMILES string of the molecule is CCCc1nnsc1C(=O)NCc1cccc(C#N)c1. The third-order valence-electron chi connectivity index (χ3n) is 2.76. The molecule has 5 nitrogen and oxygen atoms in total. The fraction of sp³-hybridized carbons (Fsp3) is 0.286. The van der Waals surface area contributed by atoms with E-state index in [-0.39, 0.29) is 5.91 Å². The van der Waals surface area contributed by atoms with Crippen LogP contribution in [0.5, 0.6) is 0 Å². The molecule has 0 aliphatic heterocycles. The summed E-state index contributed by atoms with van der Waals surface area (Å²) in [6, 6.07) is 9.25. The van der Waals surface area contributed by atoms with Crippen LogP contribution in [0.4, 0.5) is 0 Å². The minimum Gasteiger partial charge on any atom is -0.347 e. The van der Waals surface area contributed by atoms with Gasteiger partial charge in [-0.05, 0) is 35.6 Å². The van der Waals surface area contributed by atoms with E-state index < -0.39 is 0 Å². The minimum atomic E-state index is -0.161. The molecule has 1 amide bonds. The van der Waals surface area contributed by atoms with Gasteiger partial charge in [-0.25, -0.2) is 0 Å². The quantitative estimate of drug-likeness (QED) is 0.914. The Morgan fingerprint density at radius 1 is 1.50 bits per heavy atom. The zero-order chi connectivity index (χ0) is 14.4. The molecule has 2 aromatic rings. The molecule has 0 aliphatic carbocycles. The van der Waals surface area contributed by atoms with Crippen molar-refractivity contribution in [2.24, 2.45) is 0 Å². The van der Waals surface area contributed by atoms with E-state index in [1.165, 1.54) is 0 Å². The van der Waals surface area contributed by atoms with Gasteiger partial charge in [-0.3, -0.25) is 4.79 Å². The first-order valence-corrected chi connectivity index (χ1v) is 7.10. The lowest BCUT2D eigenvalue weighted by Crippen LogP contribution is -2.23. The number of hydrogen-bond donors (Lipinski definition) is 1. The molecular weight excluding hydrogens is 272 g/mol. The third-order valence-corrected chi connectivity index (χ3v) is 3.52. The Morgan fingerprint density at radius 2 is 2.35 bits per heavy atom. The zero-order valence-electron chi connectivity index (χ0n) is 11.1. The van der Waals surface area contributed by atoms with Gasteiger partial charge >= 0.3 is 0 Å². The van der Waals surface area contributed by atoms with Crippen LogP contribution in [0, 0.1) is 11.3 Å². The van der Waals surface area contributed by atoms with Crippen LogP contribution in [-0.2, 0) is 13.0 Å². The molecule has 0 saturated carbocycles. The fourth-order valence-electron chi connectivity index (χ4n) is 1.79. The van der Waals surface area contributed by atoms with Gasteiger partial charge in [0.1, 0.15) is 4.88 Å². The van der Waals surface area contributed by atoms with E-state index in [4.69, 9.17) is 5.26 Å². The maximum Gasteiger partial charge on any atom is 0.265 e. The van der Waals surface area contributed by atoms with Crippen LogP contribution in [0.3, 0.4) is 0 Å². The molecule has 6 heteroatoms. The summed E-state index contributed by atoms with van der Waals surface area (Å²) in [4.78, 5) is 12.7. The van der Waals surface area contributed by atoms with Crippen molar-refractivity contribution in [2.75, 3.05) is 0 Å². The Kier molecular flexibility index (Phi) is 4.80. The van der Waals surface area contributed by atoms with Gasteiger partial charge in [0.05, 0.1) is 17.3 Å². The standard InChI is InChI=1S/C14H14N4OS/c1-2-4-12-13(20-18-17-12)14(19)16-9-11-6-3-5-10(7-11)8-15/h3,5-7H,2,4,9H2,1H3,(H,16,19). The average molecular weight is 286 g/mol. The summed E-state index contributed by atoms with van der Waals surface area (Å²) in [6.45, 7) is 2.42. The molecule has 0 saturated heterocycles. The van der Waals surface area contributed by atoms with Crippen LogP contribution in [-0.4, -0.2) is 15.5 Å². The normalized spacial score (nSPS) is 10.0. The van der Waals surface area contributed by atoms with Gasteiger partial charge in [0.25, 0.3) is 5.91 Å². The van der Waals surface area contributed by atoms with Gasteiger partial charge in [0.2, 0.25) is 0 Å². The van der Waals surface area contributed by atoms with Gasteiger partial charge in [-0.15, -0.1) is 5.10 Å². The number of aryl methyl sites for hydroxylation is 1. The molecule has 1 heterocycles. The van der Waals surface area contributed by atoms with Crippen molar-refractivity contribution in [3.8, 4) is 6.07 Å². The topological polar surface area (TPSA) is 78.7 Å². The number of hydrogen-bond acceptors (Lipinski definition) is 5. The molecule has 1 aromatic carbocycles. The summed E-state index contributed by atoms with van der Waals surface area (Å²) < 4.78 is 3.83. The number of aromatic nitrogens is 2. The van der Waals surface area contributed by atoms with Crippen LogP contribution in [0.25, 0.3) is 0 Å². The van der Waals surface area contributed by atoms with E-state index in [0.717, 1.165) is 35.6 Å². The first-order valence-electron chi connectivity index (χ1n) is 6.33. The van der Waals surface area contributed by atoms with Gasteiger partial charge in [0, 0.05) is 6.54 Å². The Labute approximate surface area is 121 Å². The Hall–Kier alpha value is -2.26. The van der Waals surface area contributed by atoms with Crippen LogP contribution >= 0.6 is 11.5 Å². The highest BCUT2D eigenvalue weighted by atomic mass is 32.1. The second kappa shape index (κ2) is 6.78. The number of nitrogens with one attached hydrogen (secondary N) is 1. The van der Waals surface area contributed by atoms with Crippen molar-refractivity contribution in [1.82, 2.24) is 14.9 Å². The monoisotopic (exact) mass is 286 g/mol. The van der Waals surface area contributed by atoms with Gasteiger partial charge in [-0.1, -0.05) is 30.0 Å². The van der Waals surface area contributed by atoms with E-state index >= 15 is 0 Å². The molecule has 0 aliphatic rings. The molecule has 0 spiro atoms. The lowest BCUT2D eigenvalue weighted by Gasteiger charge is -2.05. The molecule has 0 atom stereocenters. The molecule has 1 N–H and O–H groups in total. The van der Waals surface area contributed by atoms with E-state index in [0.29, 0.717) is 17.0 Å². The van der Waals surface area contributed by atoms with Crippen LogP contribution in [0.2, 0.25) is 0 Å². The number of carbonyl (C=O) groups is 1. The predicted molar refractivity (Wildman–Crippen MR) is 76.2 cm³/mol. The summed E-state index contributed by atoms with van der Waals surface area (Å²) in [5.74, 6) is -0.161. The van der Waals surface area contributed by atoms with Gasteiger partial charge < -0.3 is 5.32 Å². The second-order valence-corrected chi connectivity index (χ2v) is 5.05. The van der Waals surface area contributed by atoms with Crippen molar-refractivity contribution < 1.29 is 4.79 Å². The van der Waals surface area contributed by atoms with Crippen molar-refractivity contribution in [3.05, 3.63) is 46.0 Å². The maximum atomic E-state index is 12.1. The summed E-state index contributed by atoms with van der Waals surface area (Å²) in [6.07, 6.45) is 1.68. The molecule has 102 valence electrons. The third kappa shape index (κ3) is 3.39. The Balaban J connectivity index is 2.01. The molecule has 1 aromatic heterocycles. The van der Waals surface area contributed by atoms with Crippen molar-refractivity contribution in [3.63, 3.8) is 0 Å². The molecule has 0 unspecified atom stereocenters. The Morgan fingerprint density at radius 3 is 3.10 bits per heavy atom. The molecular formula is C14H14N4OS. The predicted octanol–water partition coefficient (Wildman–Crippen LogP) is 2.29. The second-order valence-electron chi connectivity index (χ2n) is 4.29. The highest BCUT2D eigenvalue weighted by Crippen LogP contribution is 2.13. The van der Waals surface area contributed by atoms with Crippen molar-refractivity contribution in [2.45, 2.75) is 26.3 Å². The zero-order valence-corrected chi connectivity index (χ0v) is 11.9. The van der Waals surface area contributed by atoms with E-state index in [9.17, 15) is 4.79 Å². The van der Waals surface area contributed by atoms with Gasteiger partial charge in [-0.2, -0.15) is 5.26 Å². The van der Waals surface area contributed by atoms with Crippen molar-refractivity contribution in [1.29, 1.82) is 5.26 Å². The number of nitrogens with zero attached hydrogens (tertiary/aromatic N) is 3. The lowest BCUT2D eigenvalue weighted by atomic mass is 10.1. The number of carbonyl (C=O) groups excluding carboxylic acids is 1. The van der Waals surface area contributed by atoms with E-state index in [1.54, 1.807) is 18.2 Å². The molecule has 20 heavy (non-hydrogen) atoms. The highest BCUT2D eigenvalue weighted by Gasteiger charge is 2.15. The van der Waals surface area contributed by atoms with Gasteiger partial charge in [0.15, 0.2) is 0 Å². The summed E-state index contributed by atoms with van der Waals surface area (Å²) in [5, 5.41) is 15.6. The number of nitriles is 1. The van der Waals surface area contributed by atoms with Crippen LogP contribution < -0.4 is 5.32 Å². The average Bonchev–Trinajstić information content (AvgIpc) is 2.94.